The quantitative estimate of drug-likeness (QED) is 0.458. The molecule has 2 heterocycles. The highest BCUT2D eigenvalue weighted by atomic mass is 32.1. The van der Waals surface area contributed by atoms with E-state index < -0.39 is 0 Å². The van der Waals surface area contributed by atoms with Crippen LogP contribution < -0.4 is 11.0 Å². The fraction of sp³-hybridized carbons (Fsp3) is 0.174. The van der Waals surface area contributed by atoms with Crippen molar-refractivity contribution in [3.63, 3.8) is 0 Å². The van der Waals surface area contributed by atoms with Gasteiger partial charge in [0.2, 0.25) is 5.91 Å². The minimum atomic E-state index is -0.290. The predicted molar refractivity (Wildman–Crippen MR) is 118 cm³/mol. The minimum absolute atomic E-state index is 0.117. The number of nitrogens with one attached hydrogen (secondary N) is 1. The summed E-state index contributed by atoms with van der Waals surface area (Å²) in [5.41, 5.74) is 6.26. The van der Waals surface area contributed by atoms with E-state index in [4.69, 9.17) is 4.84 Å². The molecule has 0 spiro atoms. The number of aryl methyl sites for hydroxylation is 2. The van der Waals surface area contributed by atoms with Crippen molar-refractivity contribution in [1.82, 2.24) is 15.0 Å². The molecule has 0 bridgehead atoms. The summed E-state index contributed by atoms with van der Waals surface area (Å²) in [5.74, 6) is -0.290. The topological polar surface area (TPSA) is 73.2 Å². The fourth-order valence-electron chi connectivity index (χ4n) is 3.12. The number of benzene rings is 2. The van der Waals surface area contributed by atoms with Crippen LogP contribution in [0.3, 0.4) is 0 Å². The van der Waals surface area contributed by atoms with Crippen LogP contribution in [0.15, 0.2) is 71.1 Å². The van der Waals surface area contributed by atoms with E-state index in [1.54, 1.807) is 0 Å². The summed E-state index contributed by atoms with van der Waals surface area (Å²) in [5, 5.41) is 2.55. The number of hydroxylamine groups is 1. The number of carbonyl (C=O) groups excluding carboxylic acids is 1. The lowest BCUT2D eigenvalue weighted by Crippen LogP contribution is -2.27. The Balaban J connectivity index is 1.43. The molecule has 0 atom stereocenters. The second-order valence-electron chi connectivity index (χ2n) is 6.99. The van der Waals surface area contributed by atoms with Crippen LogP contribution in [0.1, 0.15) is 17.5 Å². The lowest BCUT2D eigenvalue weighted by Gasteiger charge is -2.08. The van der Waals surface area contributed by atoms with Crippen molar-refractivity contribution in [3.8, 4) is 11.1 Å². The molecule has 4 rings (SSSR count). The van der Waals surface area contributed by atoms with Crippen LogP contribution in [0.5, 0.6) is 0 Å². The zero-order valence-corrected chi connectivity index (χ0v) is 17.3. The van der Waals surface area contributed by atoms with Gasteiger partial charge in [0, 0.05) is 23.9 Å². The van der Waals surface area contributed by atoms with E-state index in [0.29, 0.717) is 10.2 Å². The zero-order valence-electron chi connectivity index (χ0n) is 16.5. The van der Waals surface area contributed by atoms with E-state index in [-0.39, 0.29) is 31.0 Å². The van der Waals surface area contributed by atoms with Crippen molar-refractivity contribution in [2.24, 2.45) is 0 Å². The molecular weight excluding hydrogens is 398 g/mol. The Labute approximate surface area is 177 Å². The van der Waals surface area contributed by atoms with Gasteiger partial charge in [0.1, 0.15) is 4.83 Å². The maximum atomic E-state index is 13.0. The van der Waals surface area contributed by atoms with Gasteiger partial charge in [0.05, 0.1) is 18.3 Å². The molecule has 6 nitrogen and oxygen atoms in total. The van der Waals surface area contributed by atoms with Crippen LogP contribution in [0, 0.1) is 6.92 Å². The summed E-state index contributed by atoms with van der Waals surface area (Å²) >= 11 is 1.45. The second kappa shape index (κ2) is 9.02. The highest BCUT2D eigenvalue weighted by Gasteiger charge is 2.14. The first-order valence-corrected chi connectivity index (χ1v) is 10.5. The summed E-state index contributed by atoms with van der Waals surface area (Å²) in [6.45, 7) is 2.54. The number of rotatable bonds is 7. The van der Waals surface area contributed by atoms with Gasteiger partial charge in [-0.05, 0) is 18.1 Å². The Bertz CT molecular complexity index is 1210. The summed E-state index contributed by atoms with van der Waals surface area (Å²) in [4.78, 5) is 35.5. The first-order chi connectivity index (χ1) is 14.6. The van der Waals surface area contributed by atoms with Crippen LogP contribution in [0.2, 0.25) is 0 Å². The number of hydrogen-bond acceptors (Lipinski definition) is 5. The molecule has 30 heavy (non-hydrogen) atoms. The minimum Gasteiger partial charge on any atom is -0.298 e. The van der Waals surface area contributed by atoms with Gasteiger partial charge in [-0.2, -0.15) is 0 Å². The normalized spacial score (nSPS) is 11.0. The maximum absolute atomic E-state index is 13.0. The van der Waals surface area contributed by atoms with E-state index in [2.05, 4.69) is 10.5 Å². The molecule has 2 aromatic heterocycles. The highest BCUT2D eigenvalue weighted by Crippen LogP contribution is 2.30. The number of hydrogen-bond donors (Lipinski definition) is 1. The van der Waals surface area contributed by atoms with Gasteiger partial charge in [-0.15, -0.1) is 11.3 Å². The molecule has 1 amide bonds. The molecule has 0 fully saturated rings. The number of nitrogens with zero attached hydrogens (tertiary/aromatic N) is 2. The molecule has 0 saturated carbocycles. The molecule has 0 aliphatic carbocycles. The monoisotopic (exact) mass is 419 g/mol. The first kappa shape index (κ1) is 20.0. The Morgan fingerprint density at radius 3 is 2.67 bits per heavy atom. The fourth-order valence-corrected chi connectivity index (χ4v) is 4.03. The molecular formula is C23H21N3O3S. The zero-order chi connectivity index (χ0) is 20.9. The van der Waals surface area contributed by atoms with Gasteiger partial charge >= 0.3 is 0 Å². The van der Waals surface area contributed by atoms with E-state index in [1.165, 1.54) is 22.2 Å². The van der Waals surface area contributed by atoms with E-state index in [0.717, 1.165) is 22.3 Å². The smallest absolute Gasteiger partial charge is 0.262 e. The third kappa shape index (κ3) is 4.48. The molecule has 1 N–H and O–H groups in total. The van der Waals surface area contributed by atoms with Crippen molar-refractivity contribution >= 4 is 27.5 Å². The molecule has 0 saturated heterocycles. The molecule has 2 aromatic carbocycles. The first-order valence-electron chi connectivity index (χ1n) is 9.60. The Morgan fingerprint density at radius 1 is 1.13 bits per heavy atom. The molecule has 0 aliphatic rings. The molecule has 0 unspecified atom stereocenters. The van der Waals surface area contributed by atoms with Crippen molar-refractivity contribution in [1.29, 1.82) is 0 Å². The van der Waals surface area contributed by atoms with Gasteiger partial charge in [-0.25, -0.2) is 10.5 Å². The lowest BCUT2D eigenvalue weighted by atomic mass is 10.1. The molecule has 0 radical (unpaired) electrons. The Morgan fingerprint density at radius 2 is 1.90 bits per heavy atom. The van der Waals surface area contributed by atoms with E-state index in [1.807, 2.05) is 66.9 Å². The Kier molecular flexibility index (Phi) is 6.02. The number of aromatic nitrogens is 2. The van der Waals surface area contributed by atoms with Crippen LogP contribution in [-0.2, 0) is 22.8 Å². The number of fused-ring (bicyclic) bond motifs is 1. The average molecular weight is 420 g/mol. The highest BCUT2D eigenvalue weighted by molar-refractivity contribution is 7.17. The largest absolute Gasteiger partial charge is 0.298 e. The maximum Gasteiger partial charge on any atom is 0.262 e. The lowest BCUT2D eigenvalue weighted by molar-refractivity contribution is -0.134. The van der Waals surface area contributed by atoms with Gasteiger partial charge < -0.3 is 0 Å². The third-order valence-corrected chi connectivity index (χ3v) is 5.66. The van der Waals surface area contributed by atoms with Gasteiger partial charge in [-0.3, -0.25) is 19.0 Å². The molecule has 7 heteroatoms. The van der Waals surface area contributed by atoms with Crippen LogP contribution in [0.25, 0.3) is 21.3 Å². The SMILES string of the molecule is Cc1ccc(-c2csc3ncn(CCC(=O)NOCc4ccccc4)c(=O)c23)cc1. The van der Waals surface area contributed by atoms with Gasteiger partial charge in [0.25, 0.3) is 5.56 Å². The second-order valence-corrected chi connectivity index (χ2v) is 7.85. The van der Waals surface area contributed by atoms with Crippen molar-refractivity contribution in [2.75, 3.05) is 0 Å². The number of amides is 1. The van der Waals surface area contributed by atoms with Crippen molar-refractivity contribution in [2.45, 2.75) is 26.5 Å². The predicted octanol–water partition coefficient (Wildman–Crippen LogP) is 4.07. The van der Waals surface area contributed by atoms with Crippen LogP contribution in [0.4, 0.5) is 0 Å². The van der Waals surface area contributed by atoms with Crippen LogP contribution in [-0.4, -0.2) is 15.5 Å². The third-order valence-electron chi connectivity index (χ3n) is 4.77. The molecule has 4 aromatic rings. The van der Waals surface area contributed by atoms with E-state index in [9.17, 15) is 9.59 Å². The standard InChI is InChI=1S/C23H21N3O3S/c1-16-7-9-18(10-8-16)19-14-30-22-21(19)23(28)26(15-24-22)12-11-20(27)25-29-13-17-5-3-2-4-6-17/h2-10,14-15H,11-13H2,1H3,(H,25,27). The summed E-state index contributed by atoms with van der Waals surface area (Å²) in [6.07, 6.45) is 1.62. The average Bonchev–Trinajstić information content (AvgIpc) is 3.19. The Hall–Kier alpha value is -3.29. The molecule has 152 valence electrons. The number of carbonyl (C=O) groups is 1. The van der Waals surface area contributed by atoms with Gasteiger partial charge in [-0.1, -0.05) is 60.2 Å². The van der Waals surface area contributed by atoms with E-state index >= 15 is 0 Å². The van der Waals surface area contributed by atoms with Crippen LogP contribution >= 0.6 is 11.3 Å². The van der Waals surface area contributed by atoms with Crippen molar-refractivity contribution < 1.29 is 9.63 Å². The summed E-state index contributed by atoms with van der Waals surface area (Å²) < 4.78 is 1.48. The molecule has 0 aliphatic heterocycles. The summed E-state index contributed by atoms with van der Waals surface area (Å²) in [6, 6.07) is 17.6. The van der Waals surface area contributed by atoms with Crippen molar-refractivity contribution in [3.05, 3.63) is 87.8 Å². The van der Waals surface area contributed by atoms with Gasteiger partial charge in [0.15, 0.2) is 0 Å². The summed E-state index contributed by atoms with van der Waals surface area (Å²) in [7, 11) is 0. The number of thiophene rings is 1.